The zero-order valence-electron chi connectivity index (χ0n) is 14.3. The topological polar surface area (TPSA) is 41.6 Å². The van der Waals surface area contributed by atoms with Gasteiger partial charge >= 0.3 is 0 Å². The fourth-order valence-corrected chi connectivity index (χ4v) is 3.77. The highest BCUT2D eigenvalue weighted by atomic mass is 16.5. The maximum absolute atomic E-state index is 13.1. The van der Waals surface area contributed by atoms with Crippen LogP contribution in [0.5, 0.6) is 0 Å². The van der Waals surface area contributed by atoms with Gasteiger partial charge in [-0.25, -0.2) is 0 Å². The number of amides is 1. The Balaban J connectivity index is 1.75. The van der Waals surface area contributed by atoms with Crippen molar-refractivity contribution < 1.29 is 9.53 Å². The minimum Gasteiger partial charge on any atom is -0.373 e. The molecule has 4 nitrogen and oxygen atoms in total. The van der Waals surface area contributed by atoms with Crippen LogP contribution in [0.1, 0.15) is 42.9 Å². The summed E-state index contributed by atoms with van der Waals surface area (Å²) in [6.07, 6.45) is 4.05. The first-order valence-electron chi connectivity index (χ1n) is 8.83. The van der Waals surface area contributed by atoms with Gasteiger partial charge in [0.25, 0.3) is 0 Å². The van der Waals surface area contributed by atoms with Gasteiger partial charge in [-0.05, 0) is 45.2 Å². The second-order valence-corrected chi connectivity index (χ2v) is 6.86. The second-order valence-electron chi connectivity index (χ2n) is 6.86. The Labute approximate surface area is 139 Å². The summed E-state index contributed by atoms with van der Waals surface area (Å²) in [5, 5.41) is 3.32. The zero-order valence-corrected chi connectivity index (χ0v) is 14.3. The van der Waals surface area contributed by atoms with E-state index in [-0.39, 0.29) is 17.9 Å². The molecule has 0 bridgehead atoms. The van der Waals surface area contributed by atoms with Gasteiger partial charge in [-0.1, -0.05) is 29.8 Å². The van der Waals surface area contributed by atoms with Crippen LogP contribution >= 0.6 is 0 Å². The fraction of sp³-hybridized carbons (Fsp3) is 0.632. The molecule has 0 saturated carbocycles. The van der Waals surface area contributed by atoms with Crippen LogP contribution in [0, 0.1) is 12.8 Å². The summed E-state index contributed by atoms with van der Waals surface area (Å²) < 4.78 is 6.02. The standard InChI is InChI=1S/C19H28N2O2/c1-14-7-9-15(10-8-14)18-17(6-4-12-23-18)19(22)21-11-3-5-16(13-21)20-2/h7-10,16-18,20H,3-6,11-13H2,1-2H3. The molecule has 1 aromatic rings. The van der Waals surface area contributed by atoms with Crippen molar-refractivity contribution in [1.29, 1.82) is 0 Å². The Hall–Kier alpha value is -1.39. The van der Waals surface area contributed by atoms with E-state index in [4.69, 9.17) is 4.74 Å². The van der Waals surface area contributed by atoms with E-state index in [1.54, 1.807) is 0 Å². The lowest BCUT2D eigenvalue weighted by Crippen LogP contribution is -2.50. The maximum Gasteiger partial charge on any atom is 0.228 e. The lowest BCUT2D eigenvalue weighted by molar-refractivity contribution is -0.146. The van der Waals surface area contributed by atoms with Crippen molar-refractivity contribution in [2.24, 2.45) is 5.92 Å². The summed E-state index contributed by atoms with van der Waals surface area (Å²) in [5.74, 6) is 0.234. The highest BCUT2D eigenvalue weighted by Crippen LogP contribution is 2.35. The zero-order chi connectivity index (χ0) is 16.2. The average molecular weight is 316 g/mol. The van der Waals surface area contributed by atoms with Crippen LogP contribution in [0.4, 0.5) is 0 Å². The van der Waals surface area contributed by atoms with Crippen molar-refractivity contribution in [1.82, 2.24) is 10.2 Å². The summed E-state index contributed by atoms with van der Waals surface area (Å²) in [5.41, 5.74) is 2.37. The van der Waals surface area contributed by atoms with Gasteiger partial charge in [0.05, 0.1) is 12.0 Å². The molecule has 3 atom stereocenters. The molecule has 0 aliphatic carbocycles. The van der Waals surface area contributed by atoms with E-state index in [0.717, 1.165) is 50.9 Å². The summed E-state index contributed by atoms with van der Waals surface area (Å²) in [6.45, 7) is 4.54. The van der Waals surface area contributed by atoms with Crippen molar-refractivity contribution in [3.05, 3.63) is 35.4 Å². The number of ether oxygens (including phenoxy) is 1. The summed E-state index contributed by atoms with van der Waals surface area (Å²) in [7, 11) is 1.98. The van der Waals surface area contributed by atoms with Crippen LogP contribution < -0.4 is 5.32 Å². The number of hydrogen-bond donors (Lipinski definition) is 1. The first-order chi connectivity index (χ1) is 11.2. The first-order valence-corrected chi connectivity index (χ1v) is 8.83. The summed E-state index contributed by atoms with van der Waals surface area (Å²) >= 11 is 0. The molecule has 1 aromatic carbocycles. The molecular weight excluding hydrogens is 288 g/mol. The minimum atomic E-state index is -0.0909. The van der Waals surface area contributed by atoms with Crippen molar-refractivity contribution in [3.63, 3.8) is 0 Å². The highest BCUT2D eigenvalue weighted by molar-refractivity contribution is 5.80. The molecule has 2 heterocycles. The van der Waals surface area contributed by atoms with E-state index in [9.17, 15) is 4.79 Å². The summed E-state index contributed by atoms with van der Waals surface area (Å²) in [6, 6.07) is 8.85. The van der Waals surface area contributed by atoms with Crippen molar-refractivity contribution >= 4 is 5.91 Å². The van der Waals surface area contributed by atoms with Gasteiger partial charge in [0.1, 0.15) is 0 Å². The van der Waals surface area contributed by atoms with Crippen molar-refractivity contribution in [2.45, 2.75) is 44.8 Å². The largest absolute Gasteiger partial charge is 0.373 e. The van der Waals surface area contributed by atoms with Gasteiger partial charge in [0.2, 0.25) is 5.91 Å². The molecule has 2 fully saturated rings. The van der Waals surface area contributed by atoms with Crippen LogP contribution in [0.15, 0.2) is 24.3 Å². The van der Waals surface area contributed by atoms with Crippen LogP contribution in [0.25, 0.3) is 0 Å². The fourth-order valence-electron chi connectivity index (χ4n) is 3.77. The van der Waals surface area contributed by atoms with Crippen molar-refractivity contribution in [3.8, 4) is 0 Å². The number of likely N-dealkylation sites (tertiary alicyclic amines) is 1. The van der Waals surface area contributed by atoms with Gasteiger partial charge in [-0.15, -0.1) is 0 Å². The van der Waals surface area contributed by atoms with Gasteiger partial charge in [0.15, 0.2) is 0 Å². The van der Waals surface area contributed by atoms with E-state index in [1.165, 1.54) is 5.56 Å². The number of carbonyl (C=O) groups excluding carboxylic acids is 1. The van der Waals surface area contributed by atoms with Crippen molar-refractivity contribution in [2.75, 3.05) is 26.7 Å². The molecule has 0 spiro atoms. The lowest BCUT2D eigenvalue weighted by atomic mass is 9.87. The van der Waals surface area contributed by atoms with Gasteiger partial charge in [-0.3, -0.25) is 4.79 Å². The number of piperidine rings is 1. The number of aryl methyl sites for hydroxylation is 1. The lowest BCUT2D eigenvalue weighted by Gasteiger charge is -2.38. The molecule has 1 N–H and O–H groups in total. The van der Waals surface area contributed by atoms with Gasteiger partial charge in [-0.2, -0.15) is 0 Å². The molecule has 23 heavy (non-hydrogen) atoms. The number of nitrogens with zero attached hydrogens (tertiary/aromatic N) is 1. The number of benzene rings is 1. The predicted octanol–water partition coefficient (Wildman–Crippen LogP) is 2.67. The van der Waals surface area contributed by atoms with E-state index in [0.29, 0.717) is 6.04 Å². The predicted molar refractivity (Wildman–Crippen MR) is 91.3 cm³/mol. The second kappa shape index (κ2) is 7.45. The minimum absolute atomic E-state index is 0.0398. The number of rotatable bonds is 3. The van der Waals surface area contributed by atoms with Crippen LogP contribution in [0.2, 0.25) is 0 Å². The molecule has 2 saturated heterocycles. The van der Waals surface area contributed by atoms with Gasteiger partial charge < -0.3 is 15.0 Å². The number of likely N-dealkylation sites (N-methyl/N-ethyl adjacent to an activating group) is 1. The molecule has 3 unspecified atom stereocenters. The smallest absolute Gasteiger partial charge is 0.228 e. The van der Waals surface area contributed by atoms with Gasteiger partial charge in [0, 0.05) is 25.7 Å². The molecule has 1 amide bonds. The quantitative estimate of drug-likeness (QED) is 0.932. The number of carbonyl (C=O) groups is 1. The highest BCUT2D eigenvalue weighted by Gasteiger charge is 2.36. The van der Waals surface area contributed by atoms with E-state index in [1.807, 2.05) is 11.9 Å². The molecule has 2 aliphatic heterocycles. The molecule has 3 rings (SSSR count). The SMILES string of the molecule is CNC1CCCN(C(=O)C2CCCOC2c2ccc(C)cc2)C1. The molecule has 126 valence electrons. The molecule has 2 aliphatic rings. The molecule has 0 aromatic heterocycles. The third-order valence-corrected chi connectivity index (χ3v) is 5.19. The Morgan fingerprint density at radius 2 is 2.00 bits per heavy atom. The molecule has 4 heteroatoms. The Kier molecular flexibility index (Phi) is 5.34. The van der Waals surface area contributed by atoms with E-state index >= 15 is 0 Å². The number of nitrogens with one attached hydrogen (secondary N) is 1. The third kappa shape index (κ3) is 3.75. The number of hydrogen-bond acceptors (Lipinski definition) is 3. The third-order valence-electron chi connectivity index (χ3n) is 5.19. The first kappa shape index (κ1) is 16.5. The monoisotopic (exact) mass is 316 g/mol. The average Bonchev–Trinajstić information content (AvgIpc) is 2.62. The van der Waals surface area contributed by atoms with Crippen LogP contribution in [-0.2, 0) is 9.53 Å². The molecular formula is C19H28N2O2. The van der Waals surface area contributed by atoms with Crippen LogP contribution in [-0.4, -0.2) is 43.6 Å². The molecule has 0 radical (unpaired) electrons. The van der Waals surface area contributed by atoms with E-state index in [2.05, 4.69) is 36.5 Å². The normalized spacial score (nSPS) is 28.6. The van der Waals surface area contributed by atoms with Crippen LogP contribution in [0.3, 0.4) is 0 Å². The summed E-state index contributed by atoms with van der Waals surface area (Å²) in [4.78, 5) is 15.1. The Bertz CT molecular complexity index is 529. The van der Waals surface area contributed by atoms with E-state index < -0.39 is 0 Å². The Morgan fingerprint density at radius 1 is 1.22 bits per heavy atom. The maximum atomic E-state index is 13.1. The Morgan fingerprint density at radius 3 is 2.74 bits per heavy atom.